The van der Waals surface area contributed by atoms with E-state index in [-0.39, 0.29) is 5.91 Å². The normalized spacial score (nSPS) is 10.3. The first-order valence-corrected chi connectivity index (χ1v) is 7.20. The number of unbranched alkanes of at least 4 members (excludes halogenated alkanes) is 3. The lowest BCUT2D eigenvalue weighted by Gasteiger charge is -2.06. The maximum Gasteiger partial charge on any atom is 0.220 e. The number of hydrogen-bond acceptors (Lipinski definition) is 1. The van der Waals surface area contributed by atoms with Crippen molar-refractivity contribution in [3.05, 3.63) is 35.4 Å². The standard InChI is InChI=1S/C15H22ClNO/c1-2-3-4-5-6-15(18)17-12-14-9-7-13(11-16)8-10-14/h7-10H,2-6,11-12H2,1H3,(H,17,18). The molecule has 0 radical (unpaired) electrons. The number of alkyl halides is 1. The lowest BCUT2D eigenvalue weighted by atomic mass is 10.1. The molecule has 0 aliphatic carbocycles. The topological polar surface area (TPSA) is 29.1 Å². The Hall–Kier alpha value is -1.02. The monoisotopic (exact) mass is 267 g/mol. The number of rotatable bonds is 8. The van der Waals surface area contributed by atoms with Gasteiger partial charge in [0.2, 0.25) is 5.91 Å². The summed E-state index contributed by atoms with van der Waals surface area (Å²) in [6.45, 7) is 2.78. The van der Waals surface area contributed by atoms with Crippen LogP contribution in [0.1, 0.15) is 50.2 Å². The van der Waals surface area contributed by atoms with Gasteiger partial charge >= 0.3 is 0 Å². The summed E-state index contributed by atoms with van der Waals surface area (Å²) in [6.07, 6.45) is 5.20. The quantitative estimate of drug-likeness (QED) is 0.560. The van der Waals surface area contributed by atoms with Gasteiger partial charge in [0.15, 0.2) is 0 Å². The predicted octanol–water partition coefficient (Wildman–Crippen LogP) is 4.01. The minimum absolute atomic E-state index is 0.146. The van der Waals surface area contributed by atoms with Crippen LogP contribution in [-0.4, -0.2) is 5.91 Å². The Kier molecular flexibility index (Phi) is 7.51. The van der Waals surface area contributed by atoms with Crippen molar-refractivity contribution >= 4 is 17.5 Å². The molecule has 2 nitrogen and oxygen atoms in total. The number of nitrogens with one attached hydrogen (secondary N) is 1. The molecule has 0 bridgehead atoms. The molecular formula is C15H22ClNO. The van der Waals surface area contributed by atoms with Crippen molar-refractivity contribution in [1.29, 1.82) is 0 Å². The maximum atomic E-state index is 11.6. The Balaban J connectivity index is 2.20. The Morgan fingerprint density at radius 3 is 2.39 bits per heavy atom. The fraction of sp³-hybridized carbons (Fsp3) is 0.533. The number of carbonyl (C=O) groups is 1. The predicted molar refractivity (Wildman–Crippen MR) is 76.6 cm³/mol. The van der Waals surface area contributed by atoms with Crippen LogP contribution in [-0.2, 0) is 17.2 Å². The van der Waals surface area contributed by atoms with Gasteiger partial charge < -0.3 is 5.32 Å². The second kappa shape index (κ2) is 8.98. The molecule has 0 saturated heterocycles. The maximum absolute atomic E-state index is 11.6. The van der Waals surface area contributed by atoms with E-state index >= 15 is 0 Å². The SMILES string of the molecule is CCCCCCC(=O)NCc1ccc(CCl)cc1. The van der Waals surface area contributed by atoms with E-state index in [1.54, 1.807) is 0 Å². The minimum atomic E-state index is 0.146. The van der Waals surface area contributed by atoms with Gasteiger partial charge in [-0.15, -0.1) is 11.6 Å². The van der Waals surface area contributed by atoms with Crippen molar-refractivity contribution in [2.45, 2.75) is 51.5 Å². The van der Waals surface area contributed by atoms with Gasteiger partial charge in [-0.05, 0) is 17.5 Å². The highest BCUT2D eigenvalue weighted by atomic mass is 35.5. The van der Waals surface area contributed by atoms with Gasteiger partial charge in [0, 0.05) is 18.8 Å². The number of benzene rings is 1. The largest absolute Gasteiger partial charge is 0.352 e. The molecular weight excluding hydrogens is 246 g/mol. The fourth-order valence-corrected chi connectivity index (χ4v) is 1.93. The molecule has 0 aliphatic rings. The Morgan fingerprint density at radius 1 is 1.11 bits per heavy atom. The average Bonchev–Trinajstić information content (AvgIpc) is 2.42. The lowest BCUT2D eigenvalue weighted by molar-refractivity contribution is -0.121. The molecule has 18 heavy (non-hydrogen) atoms. The van der Waals surface area contributed by atoms with E-state index in [1.165, 1.54) is 12.8 Å². The van der Waals surface area contributed by atoms with Crippen LogP contribution in [0.5, 0.6) is 0 Å². The summed E-state index contributed by atoms with van der Waals surface area (Å²) in [5, 5.41) is 2.94. The fourth-order valence-electron chi connectivity index (χ4n) is 1.75. The van der Waals surface area contributed by atoms with Crippen molar-refractivity contribution in [3.63, 3.8) is 0 Å². The zero-order chi connectivity index (χ0) is 13.2. The van der Waals surface area contributed by atoms with Crippen LogP contribution in [0, 0.1) is 0 Å². The molecule has 0 aliphatic heterocycles. The number of hydrogen-bond donors (Lipinski definition) is 1. The van der Waals surface area contributed by atoms with E-state index in [2.05, 4.69) is 12.2 Å². The molecule has 0 unspecified atom stereocenters. The van der Waals surface area contributed by atoms with E-state index in [1.807, 2.05) is 24.3 Å². The van der Waals surface area contributed by atoms with Crippen molar-refractivity contribution in [1.82, 2.24) is 5.32 Å². The van der Waals surface area contributed by atoms with Crippen LogP contribution >= 0.6 is 11.6 Å². The lowest BCUT2D eigenvalue weighted by Crippen LogP contribution is -2.22. The molecule has 0 saturated carbocycles. The summed E-state index contributed by atoms with van der Waals surface area (Å²) in [7, 11) is 0. The van der Waals surface area contributed by atoms with Crippen LogP contribution in [0.4, 0.5) is 0 Å². The number of halogens is 1. The molecule has 0 heterocycles. The van der Waals surface area contributed by atoms with E-state index in [4.69, 9.17) is 11.6 Å². The van der Waals surface area contributed by atoms with Crippen LogP contribution in [0.2, 0.25) is 0 Å². The highest BCUT2D eigenvalue weighted by Gasteiger charge is 2.01. The summed E-state index contributed by atoms with van der Waals surface area (Å²) in [6, 6.07) is 8.01. The van der Waals surface area contributed by atoms with Gasteiger partial charge in [-0.25, -0.2) is 0 Å². The van der Waals surface area contributed by atoms with E-state index in [0.29, 0.717) is 18.8 Å². The summed E-state index contributed by atoms with van der Waals surface area (Å²) in [5.74, 6) is 0.678. The Morgan fingerprint density at radius 2 is 1.78 bits per heavy atom. The minimum Gasteiger partial charge on any atom is -0.352 e. The summed E-state index contributed by atoms with van der Waals surface area (Å²) in [5.41, 5.74) is 2.22. The molecule has 1 aromatic carbocycles. The van der Waals surface area contributed by atoms with Crippen LogP contribution in [0.15, 0.2) is 24.3 Å². The molecule has 1 aromatic rings. The van der Waals surface area contributed by atoms with Crippen LogP contribution in [0.3, 0.4) is 0 Å². The second-order valence-corrected chi connectivity index (χ2v) is 4.80. The first-order chi connectivity index (χ1) is 8.76. The molecule has 100 valence electrons. The van der Waals surface area contributed by atoms with Gasteiger partial charge in [0.1, 0.15) is 0 Å². The first kappa shape index (κ1) is 15.0. The van der Waals surface area contributed by atoms with Crippen molar-refractivity contribution < 1.29 is 4.79 Å². The van der Waals surface area contributed by atoms with Gasteiger partial charge in [-0.1, -0.05) is 50.5 Å². The van der Waals surface area contributed by atoms with Crippen molar-refractivity contribution in [3.8, 4) is 0 Å². The molecule has 1 N–H and O–H groups in total. The average molecular weight is 268 g/mol. The highest BCUT2D eigenvalue weighted by Crippen LogP contribution is 2.07. The third-order valence-corrected chi connectivity index (χ3v) is 3.23. The molecule has 0 aromatic heterocycles. The molecule has 0 spiro atoms. The molecule has 1 amide bonds. The molecule has 3 heteroatoms. The van der Waals surface area contributed by atoms with Crippen molar-refractivity contribution in [2.75, 3.05) is 0 Å². The van der Waals surface area contributed by atoms with Crippen LogP contribution < -0.4 is 5.32 Å². The van der Waals surface area contributed by atoms with E-state index in [0.717, 1.165) is 24.0 Å². The summed E-state index contributed by atoms with van der Waals surface area (Å²) >= 11 is 5.72. The second-order valence-electron chi connectivity index (χ2n) is 4.54. The number of carbonyl (C=O) groups excluding carboxylic acids is 1. The first-order valence-electron chi connectivity index (χ1n) is 6.66. The molecule has 0 atom stereocenters. The molecule has 0 fully saturated rings. The van der Waals surface area contributed by atoms with Crippen molar-refractivity contribution in [2.24, 2.45) is 0 Å². The van der Waals surface area contributed by atoms with E-state index < -0.39 is 0 Å². The summed E-state index contributed by atoms with van der Waals surface area (Å²) < 4.78 is 0. The van der Waals surface area contributed by atoms with Gasteiger partial charge in [0.05, 0.1) is 0 Å². The summed E-state index contributed by atoms with van der Waals surface area (Å²) in [4.78, 5) is 11.6. The molecule has 1 rings (SSSR count). The Labute approximate surface area is 115 Å². The van der Waals surface area contributed by atoms with Gasteiger partial charge in [-0.3, -0.25) is 4.79 Å². The van der Waals surface area contributed by atoms with Gasteiger partial charge in [-0.2, -0.15) is 0 Å². The smallest absolute Gasteiger partial charge is 0.220 e. The van der Waals surface area contributed by atoms with E-state index in [9.17, 15) is 4.79 Å². The zero-order valence-corrected chi connectivity index (χ0v) is 11.8. The third-order valence-electron chi connectivity index (χ3n) is 2.92. The third kappa shape index (κ3) is 6.06. The van der Waals surface area contributed by atoms with Crippen LogP contribution in [0.25, 0.3) is 0 Å². The Bertz CT molecular complexity index is 348. The number of amides is 1. The highest BCUT2D eigenvalue weighted by molar-refractivity contribution is 6.17. The van der Waals surface area contributed by atoms with Gasteiger partial charge in [0.25, 0.3) is 0 Å². The zero-order valence-electron chi connectivity index (χ0n) is 11.0.